The molecule has 1 aromatic rings. The Morgan fingerprint density at radius 2 is 1.89 bits per heavy atom. The van der Waals surface area contributed by atoms with Crippen molar-refractivity contribution < 1.29 is 28.2 Å². The maximum Gasteiger partial charge on any atom is 0.349 e. The molecule has 0 aromatic heterocycles. The number of nitrogens with zero attached hydrogens (tertiary/aromatic N) is 1. The third-order valence-electron chi connectivity index (χ3n) is 2.32. The summed E-state index contributed by atoms with van der Waals surface area (Å²) in [6, 6.07) is 5.72. The maximum atomic E-state index is 11.3. The fourth-order valence-electron chi connectivity index (χ4n) is 1.46. The van der Waals surface area contributed by atoms with E-state index in [1.165, 1.54) is 24.3 Å². The van der Waals surface area contributed by atoms with E-state index in [2.05, 4.69) is 4.40 Å². The van der Waals surface area contributed by atoms with Crippen LogP contribution in [0.3, 0.4) is 0 Å². The van der Waals surface area contributed by atoms with Crippen molar-refractivity contribution in [2.24, 2.45) is 4.40 Å². The molecule has 0 radical (unpaired) electrons. The van der Waals surface area contributed by atoms with Crippen molar-refractivity contribution in [1.29, 1.82) is 0 Å². The lowest BCUT2D eigenvalue weighted by Gasteiger charge is -2.06. The van der Waals surface area contributed by atoms with Gasteiger partial charge in [0.05, 0.1) is 0 Å². The lowest BCUT2D eigenvalue weighted by atomic mass is 10.3. The van der Waals surface area contributed by atoms with Gasteiger partial charge in [-0.2, -0.15) is 12.8 Å². The van der Waals surface area contributed by atoms with Crippen LogP contribution >= 0.6 is 0 Å². The standard InChI is InChI=1S/C11H9NO6S/c13-8-1-3-9(4-2-8)18-6-7-5-12-19(16,17)10(7)11(14)15/h1-5,13H,6H2,(H,14,15). The van der Waals surface area contributed by atoms with Crippen LogP contribution in [-0.4, -0.2) is 37.4 Å². The Morgan fingerprint density at radius 1 is 1.26 bits per heavy atom. The monoisotopic (exact) mass is 283 g/mol. The highest BCUT2D eigenvalue weighted by atomic mass is 32.2. The van der Waals surface area contributed by atoms with E-state index in [0.29, 0.717) is 5.75 Å². The van der Waals surface area contributed by atoms with Gasteiger partial charge in [-0.3, -0.25) is 0 Å². The highest BCUT2D eigenvalue weighted by Crippen LogP contribution is 2.22. The number of aliphatic carboxylic acids is 1. The van der Waals surface area contributed by atoms with Crippen LogP contribution in [0.4, 0.5) is 0 Å². The third-order valence-corrected chi connectivity index (χ3v) is 3.66. The van der Waals surface area contributed by atoms with E-state index in [4.69, 9.17) is 14.9 Å². The molecule has 7 nitrogen and oxygen atoms in total. The molecule has 19 heavy (non-hydrogen) atoms. The Morgan fingerprint density at radius 3 is 2.47 bits per heavy atom. The number of phenols is 1. The van der Waals surface area contributed by atoms with E-state index in [0.717, 1.165) is 6.21 Å². The fourth-order valence-corrected chi connectivity index (χ4v) is 2.50. The average Bonchev–Trinajstić information content (AvgIpc) is 2.64. The number of hydrogen-bond donors (Lipinski definition) is 2. The zero-order valence-electron chi connectivity index (χ0n) is 9.48. The van der Waals surface area contributed by atoms with Gasteiger partial charge in [0, 0.05) is 11.8 Å². The SMILES string of the molecule is O=C(O)C1=C(COc2ccc(O)cc2)C=NS1(=O)=O. The first-order valence-corrected chi connectivity index (χ1v) is 6.53. The molecule has 0 saturated carbocycles. The molecule has 0 unspecified atom stereocenters. The molecular formula is C11H9NO6S. The van der Waals surface area contributed by atoms with Gasteiger partial charge in [-0.05, 0) is 24.3 Å². The Bertz CT molecular complexity index is 672. The van der Waals surface area contributed by atoms with Crippen molar-refractivity contribution in [3.8, 4) is 11.5 Å². The van der Waals surface area contributed by atoms with Crippen molar-refractivity contribution in [3.05, 3.63) is 34.7 Å². The molecule has 1 aromatic carbocycles. The first kappa shape index (κ1) is 13.1. The molecule has 1 heterocycles. The van der Waals surface area contributed by atoms with Crippen LogP contribution in [-0.2, 0) is 14.8 Å². The molecule has 0 spiro atoms. The molecule has 8 heteroatoms. The molecule has 100 valence electrons. The van der Waals surface area contributed by atoms with Crippen molar-refractivity contribution in [2.45, 2.75) is 0 Å². The zero-order valence-corrected chi connectivity index (χ0v) is 10.3. The number of sulfonamides is 1. The summed E-state index contributed by atoms with van der Waals surface area (Å²) in [7, 11) is -4.12. The molecular weight excluding hydrogens is 274 g/mol. The van der Waals surface area contributed by atoms with Gasteiger partial charge in [0.2, 0.25) is 0 Å². The molecule has 0 aliphatic carbocycles. The van der Waals surface area contributed by atoms with Gasteiger partial charge in [-0.25, -0.2) is 4.79 Å². The van der Waals surface area contributed by atoms with Gasteiger partial charge in [0.1, 0.15) is 18.1 Å². The van der Waals surface area contributed by atoms with Gasteiger partial charge in [-0.15, -0.1) is 0 Å². The van der Waals surface area contributed by atoms with E-state index in [-0.39, 0.29) is 17.9 Å². The smallest absolute Gasteiger partial charge is 0.349 e. The summed E-state index contributed by atoms with van der Waals surface area (Å²) >= 11 is 0. The Kier molecular flexibility index (Phi) is 3.26. The summed E-state index contributed by atoms with van der Waals surface area (Å²) < 4.78 is 31.1. The van der Waals surface area contributed by atoms with E-state index in [1.807, 2.05) is 0 Å². The number of carboxylic acid groups (broad SMARTS) is 1. The van der Waals surface area contributed by atoms with Gasteiger partial charge in [0.15, 0.2) is 4.91 Å². The number of hydrogen-bond acceptors (Lipinski definition) is 5. The third kappa shape index (κ3) is 2.74. The van der Waals surface area contributed by atoms with Gasteiger partial charge in [0.25, 0.3) is 10.0 Å². The van der Waals surface area contributed by atoms with Gasteiger partial charge < -0.3 is 14.9 Å². The first-order chi connectivity index (χ1) is 8.90. The number of carbonyl (C=O) groups is 1. The van der Waals surface area contributed by atoms with Crippen LogP contribution < -0.4 is 4.74 Å². The highest BCUT2D eigenvalue weighted by Gasteiger charge is 2.32. The predicted molar refractivity (Wildman–Crippen MR) is 65.7 cm³/mol. The van der Waals surface area contributed by atoms with E-state index >= 15 is 0 Å². The topological polar surface area (TPSA) is 113 Å². The molecule has 1 aliphatic rings. The van der Waals surface area contributed by atoms with E-state index in [1.54, 1.807) is 0 Å². The van der Waals surface area contributed by atoms with Crippen molar-refractivity contribution in [2.75, 3.05) is 6.61 Å². The van der Waals surface area contributed by atoms with Gasteiger partial charge >= 0.3 is 5.97 Å². The number of aromatic hydroxyl groups is 1. The molecule has 0 atom stereocenters. The minimum Gasteiger partial charge on any atom is -0.508 e. The zero-order chi connectivity index (χ0) is 14.0. The average molecular weight is 283 g/mol. The molecule has 0 bridgehead atoms. The number of carboxylic acids is 1. The van der Waals surface area contributed by atoms with Crippen molar-refractivity contribution in [1.82, 2.24) is 0 Å². The molecule has 0 saturated heterocycles. The summed E-state index contributed by atoms with van der Waals surface area (Å²) in [4.78, 5) is 10.1. The fraction of sp³-hybridized carbons (Fsp3) is 0.0909. The summed E-state index contributed by atoms with van der Waals surface area (Å²) in [5.41, 5.74) is -0.0272. The first-order valence-electron chi connectivity index (χ1n) is 5.09. The summed E-state index contributed by atoms with van der Waals surface area (Å²) in [5.74, 6) is -1.14. The number of phenolic OH excluding ortho intramolecular Hbond substituents is 1. The minimum absolute atomic E-state index is 0.0272. The van der Waals surface area contributed by atoms with Crippen LogP contribution in [0.5, 0.6) is 11.5 Å². The number of rotatable bonds is 4. The Labute approximate surface area is 108 Å². The Hall–Kier alpha value is -2.35. The van der Waals surface area contributed by atoms with E-state index < -0.39 is 20.9 Å². The van der Waals surface area contributed by atoms with E-state index in [9.17, 15) is 13.2 Å². The quantitative estimate of drug-likeness (QED) is 0.833. The molecule has 1 aliphatic heterocycles. The van der Waals surface area contributed by atoms with Crippen LogP contribution in [0.1, 0.15) is 0 Å². The van der Waals surface area contributed by atoms with Gasteiger partial charge in [-0.1, -0.05) is 0 Å². The molecule has 0 amide bonds. The second kappa shape index (κ2) is 4.73. The molecule has 2 rings (SSSR count). The maximum absolute atomic E-state index is 11.3. The normalized spacial score (nSPS) is 16.6. The lowest BCUT2D eigenvalue weighted by molar-refractivity contribution is -0.131. The second-order valence-electron chi connectivity index (χ2n) is 3.65. The predicted octanol–water partition coefficient (Wildman–Crippen LogP) is 0.524. The highest BCUT2D eigenvalue weighted by molar-refractivity contribution is 7.95. The molecule has 2 N–H and O–H groups in total. The lowest BCUT2D eigenvalue weighted by Crippen LogP contribution is -2.12. The minimum atomic E-state index is -4.12. The Balaban J connectivity index is 2.19. The number of ether oxygens (including phenoxy) is 1. The second-order valence-corrected chi connectivity index (χ2v) is 5.22. The molecule has 0 fully saturated rings. The van der Waals surface area contributed by atoms with Crippen LogP contribution in [0.15, 0.2) is 39.1 Å². The largest absolute Gasteiger partial charge is 0.508 e. The van der Waals surface area contributed by atoms with Crippen LogP contribution in [0.2, 0.25) is 0 Å². The van der Waals surface area contributed by atoms with Crippen molar-refractivity contribution in [3.63, 3.8) is 0 Å². The van der Waals surface area contributed by atoms with Crippen LogP contribution in [0, 0.1) is 0 Å². The van der Waals surface area contributed by atoms with Crippen LogP contribution in [0.25, 0.3) is 0 Å². The van der Waals surface area contributed by atoms with Crippen molar-refractivity contribution >= 4 is 22.2 Å². The number of benzene rings is 1. The summed E-state index contributed by atoms with van der Waals surface area (Å²) in [5, 5.41) is 17.9. The summed E-state index contributed by atoms with van der Waals surface area (Å²) in [6.45, 7) is -0.241. The summed E-state index contributed by atoms with van der Waals surface area (Å²) in [6.07, 6.45) is 0.958.